The number of nitrogens with zero attached hydrogens (tertiary/aromatic N) is 2. The molecule has 3 aromatic carbocycles. The molecule has 0 saturated heterocycles. The van der Waals surface area contributed by atoms with Gasteiger partial charge in [-0.3, -0.25) is 4.79 Å². The zero-order valence-electron chi connectivity index (χ0n) is 15.5. The number of hydrogen-bond acceptors (Lipinski definition) is 3. The third-order valence-electron chi connectivity index (χ3n) is 4.21. The molecule has 1 aromatic heterocycles. The molecule has 0 bridgehead atoms. The first-order valence-corrected chi connectivity index (χ1v) is 9.87. The van der Waals surface area contributed by atoms with Gasteiger partial charge >= 0.3 is 0 Å². The highest BCUT2D eigenvalue weighted by Crippen LogP contribution is 2.26. The van der Waals surface area contributed by atoms with Crippen molar-refractivity contribution in [1.82, 2.24) is 9.78 Å². The molecule has 4 aromatic rings. The van der Waals surface area contributed by atoms with Crippen LogP contribution in [0.3, 0.4) is 0 Å². The van der Waals surface area contributed by atoms with Gasteiger partial charge in [-0.25, -0.2) is 4.68 Å². The van der Waals surface area contributed by atoms with Crippen molar-refractivity contribution in [3.05, 3.63) is 95.5 Å². The number of anilines is 1. The maximum atomic E-state index is 12.5. The molecule has 0 atom stereocenters. The van der Waals surface area contributed by atoms with E-state index < -0.39 is 0 Å². The SMILES string of the molecule is O=C(COc1ccccc1)Nc1cc(-c2cccc(Br)c2)nn1-c1ccccc1. The van der Waals surface area contributed by atoms with E-state index in [9.17, 15) is 4.79 Å². The van der Waals surface area contributed by atoms with Crippen molar-refractivity contribution in [2.75, 3.05) is 11.9 Å². The molecule has 0 aliphatic rings. The van der Waals surface area contributed by atoms with E-state index in [0.29, 0.717) is 11.6 Å². The lowest BCUT2D eigenvalue weighted by molar-refractivity contribution is -0.118. The topological polar surface area (TPSA) is 56.1 Å². The maximum Gasteiger partial charge on any atom is 0.263 e. The summed E-state index contributed by atoms with van der Waals surface area (Å²) in [5.41, 5.74) is 2.56. The van der Waals surface area contributed by atoms with Crippen LogP contribution in [0, 0.1) is 0 Å². The van der Waals surface area contributed by atoms with E-state index in [4.69, 9.17) is 9.84 Å². The predicted octanol–water partition coefficient (Wildman–Crippen LogP) is 5.32. The molecule has 1 heterocycles. The smallest absolute Gasteiger partial charge is 0.263 e. The second-order valence-corrected chi connectivity index (χ2v) is 7.24. The van der Waals surface area contributed by atoms with Gasteiger partial charge < -0.3 is 10.1 Å². The minimum Gasteiger partial charge on any atom is -0.484 e. The summed E-state index contributed by atoms with van der Waals surface area (Å²) in [6.07, 6.45) is 0. The minimum absolute atomic E-state index is 0.0871. The van der Waals surface area contributed by atoms with Gasteiger partial charge in [-0.1, -0.05) is 64.5 Å². The summed E-state index contributed by atoms with van der Waals surface area (Å²) in [5.74, 6) is 0.966. The van der Waals surface area contributed by atoms with Crippen LogP contribution in [-0.2, 0) is 4.79 Å². The average molecular weight is 448 g/mol. The van der Waals surface area contributed by atoms with Gasteiger partial charge in [0, 0.05) is 16.1 Å². The van der Waals surface area contributed by atoms with E-state index in [1.807, 2.05) is 91.0 Å². The fourth-order valence-electron chi connectivity index (χ4n) is 2.87. The summed E-state index contributed by atoms with van der Waals surface area (Å²) < 4.78 is 8.23. The molecule has 0 fully saturated rings. The zero-order valence-corrected chi connectivity index (χ0v) is 17.0. The Bertz CT molecular complexity index is 1110. The van der Waals surface area contributed by atoms with Crippen molar-refractivity contribution < 1.29 is 9.53 Å². The molecule has 4 rings (SSSR count). The van der Waals surface area contributed by atoms with Crippen LogP contribution in [-0.4, -0.2) is 22.3 Å². The first-order chi connectivity index (χ1) is 14.2. The van der Waals surface area contributed by atoms with Gasteiger partial charge in [-0.05, 0) is 36.4 Å². The maximum absolute atomic E-state index is 12.5. The first kappa shape index (κ1) is 19.0. The summed E-state index contributed by atoms with van der Waals surface area (Å²) in [7, 11) is 0. The fourth-order valence-corrected chi connectivity index (χ4v) is 3.27. The molecule has 144 valence electrons. The van der Waals surface area contributed by atoms with Crippen LogP contribution < -0.4 is 10.1 Å². The standard InChI is InChI=1S/C23H18BrN3O2/c24-18-9-7-8-17(14-18)21-15-22(27(26-21)19-10-3-1-4-11-19)25-23(28)16-29-20-12-5-2-6-13-20/h1-15H,16H2,(H,25,28). The fraction of sp³-hybridized carbons (Fsp3) is 0.0435. The van der Waals surface area contributed by atoms with Crippen molar-refractivity contribution in [2.24, 2.45) is 0 Å². The molecule has 1 N–H and O–H groups in total. The largest absolute Gasteiger partial charge is 0.484 e. The number of carbonyl (C=O) groups is 1. The van der Waals surface area contributed by atoms with E-state index >= 15 is 0 Å². The van der Waals surface area contributed by atoms with Crippen molar-refractivity contribution in [3.8, 4) is 22.7 Å². The minimum atomic E-state index is -0.258. The third kappa shape index (κ3) is 4.73. The Labute approximate surface area is 177 Å². The highest BCUT2D eigenvalue weighted by atomic mass is 79.9. The highest BCUT2D eigenvalue weighted by molar-refractivity contribution is 9.10. The number of halogens is 1. The van der Waals surface area contributed by atoms with Gasteiger partial charge in [0.15, 0.2) is 6.61 Å². The van der Waals surface area contributed by atoms with Crippen LogP contribution in [0.15, 0.2) is 95.5 Å². The number of amides is 1. The molecule has 0 aliphatic carbocycles. The summed E-state index contributed by atoms with van der Waals surface area (Å²) >= 11 is 3.49. The Balaban J connectivity index is 1.60. The number of benzene rings is 3. The van der Waals surface area contributed by atoms with Crippen molar-refractivity contribution >= 4 is 27.7 Å². The molecule has 0 spiro atoms. The van der Waals surface area contributed by atoms with E-state index in [2.05, 4.69) is 21.2 Å². The van der Waals surface area contributed by atoms with Crippen molar-refractivity contribution in [3.63, 3.8) is 0 Å². The number of ether oxygens (including phenoxy) is 1. The summed E-state index contributed by atoms with van der Waals surface area (Å²) in [4.78, 5) is 12.5. The van der Waals surface area contributed by atoms with Gasteiger partial charge in [0.1, 0.15) is 11.6 Å². The lowest BCUT2D eigenvalue weighted by Crippen LogP contribution is -2.21. The van der Waals surface area contributed by atoms with E-state index in [0.717, 1.165) is 21.4 Å². The zero-order chi connectivity index (χ0) is 20.1. The van der Waals surface area contributed by atoms with Crippen LogP contribution in [0.1, 0.15) is 0 Å². The molecule has 29 heavy (non-hydrogen) atoms. The molecule has 5 nitrogen and oxygen atoms in total. The number of carbonyl (C=O) groups excluding carboxylic acids is 1. The quantitative estimate of drug-likeness (QED) is 0.435. The third-order valence-corrected chi connectivity index (χ3v) is 4.70. The number of rotatable bonds is 6. The number of para-hydroxylation sites is 2. The Morgan fingerprint density at radius 1 is 0.931 bits per heavy atom. The molecule has 0 unspecified atom stereocenters. The predicted molar refractivity (Wildman–Crippen MR) is 117 cm³/mol. The molecule has 0 radical (unpaired) electrons. The van der Waals surface area contributed by atoms with Gasteiger partial charge in [-0.2, -0.15) is 5.10 Å². The lowest BCUT2D eigenvalue weighted by Gasteiger charge is -2.09. The van der Waals surface area contributed by atoms with Gasteiger partial charge in [0.05, 0.1) is 11.4 Å². The summed E-state index contributed by atoms with van der Waals surface area (Å²) in [5, 5.41) is 7.61. The summed E-state index contributed by atoms with van der Waals surface area (Å²) in [6, 6.07) is 28.7. The van der Waals surface area contributed by atoms with Crippen LogP contribution in [0.5, 0.6) is 5.75 Å². The van der Waals surface area contributed by atoms with Gasteiger partial charge in [-0.15, -0.1) is 0 Å². The normalized spacial score (nSPS) is 10.5. The Morgan fingerprint density at radius 3 is 2.38 bits per heavy atom. The number of aromatic nitrogens is 2. The molecular weight excluding hydrogens is 430 g/mol. The second kappa shape index (κ2) is 8.75. The van der Waals surface area contributed by atoms with Gasteiger partial charge in [0.25, 0.3) is 5.91 Å². The molecule has 0 saturated carbocycles. The number of hydrogen-bond donors (Lipinski definition) is 1. The van der Waals surface area contributed by atoms with E-state index in [-0.39, 0.29) is 12.5 Å². The van der Waals surface area contributed by atoms with Crippen molar-refractivity contribution in [2.45, 2.75) is 0 Å². The first-order valence-electron chi connectivity index (χ1n) is 9.08. The van der Waals surface area contributed by atoms with Gasteiger partial charge in [0.2, 0.25) is 0 Å². The van der Waals surface area contributed by atoms with Crippen LogP contribution >= 0.6 is 15.9 Å². The van der Waals surface area contributed by atoms with Crippen molar-refractivity contribution in [1.29, 1.82) is 0 Å². The van der Waals surface area contributed by atoms with E-state index in [1.54, 1.807) is 4.68 Å². The molecule has 0 aliphatic heterocycles. The Kier molecular flexibility index (Phi) is 5.72. The Morgan fingerprint density at radius 2 is 1.66 bits per heavy atom. The molecular formula is C23H18BrN3O2. The van der Waals surface area contributed by atoms with Crippen LogP contribution in [0.4, 0.5) is 5.82 Å². The van der Waals surface area contributed by atoms with Crippen LogP contribution in [0.2, 0.25) is 0 Å². The average Bonchev–Trinajstić information content (AvgIpc) is 3.17. The monoisotopic (exact) mass is 447 g/mol. The number of nitrogens with one attached hydrogen (secondary N) is 1. The molecule has 1 amide bonds. The highest BCUT2D eigenvalue weighted by Gasteiger charge is 2.14. The lowest BCUT2D eigenvalue weighted by atomic mass is 10.1. The second-order valence-electron chi connectivity index (χ2n) is 6.32. The van der Waals surface area contributed by atoms with E-state index in [1.165, 1.54) is 0 Å². The molecule has 6 heteroatoms. The Hall–Kier alpha value is -3.38. The van der Waals surface area contributed by atoms with Crippen LogP contribution in [0.25, 0.3) is 16.9 Å². The summed E-state index contributed by atoms with van der Waals surface area (Å²) in [6.45, 7) is -0.0871.